The van der Waals surface area contributed by atoms with E-state index in [9.17, 15) is 4.79 Å². The molecule has 1 fully saturated rings. The predicted molar refractivity (Wildman–Crippen MR) is 85.2 cm³/mol. The molecule has 1 aromatic rings. The van der Waals surface area contributed by atoms with Crippen molar-refractivity contribution in [3.05, 3.63) is 22.2 Å². The number of hydrogen-bond acceptors (Lipinski definition) is 4. The lowest BCUT2D eigenvalue weighted by Gasteiger charge is -2.36. The Morgan fingerprint density at radius 2 is 1.67 bits per heavy atom. The molecule has 2 rings (SSSR count). The molecule has 0 bridgehead atoms. The molecule has 21 heavy (non-hydrogen) atoms. The number of carbonyl (C=O) groups is 1. The standard InChI is InChI=1S/C15H21BrN2O3/c1-9-7-18(8-10(2)17-9)15(19)11-5-12(20-3)14(16)13(6-11)21-4/h5-6,9-10,17H,7-8H2,1-4H3/t9-,10+. The maximum Gasteiger partial charge on any atom is 0.254 e. The van der Waals surface area contributed by atoms with Crippen molar-refractivity contribution in [3.63, 3.8) is 0 Å². The Bertz CT molecular complexity index is 501. The maximum absolute atomic E-state index is 12.7. The number of nitrogens with zero attached hydrogens (tertiary/aromatic N) is 1. The first-order chi connectivity index (χ1) is 9.96. The highest BCUT2D eigenvalue weighted by Gasteiger charge is 2.26. The lowest BCUT2D eigenvalue weighted by molar-refractivity contribution is 0.0673. The number of carbonyl (C=O) groups excluding carboxylic acids is 1. The number of methoxy groups -OCH3 is 2. The van der Waals surface area contributed by atoms with Gasteiger partial charge in [0.05, 0.1) is 14.2 Å². The Hall–Kier alpha value is -1.27. The van der Waals surface area contributed by atoms with Gasteiger partial charge in [-0.25, -0.2) is 0 Å². The molecule has 1 aliphatic rings. The number of benzene rings is 1. The van der Waals surface area contributed by atoms with Gasteiger partial charge in [0.15, 0.2) is 0 Å². The minimum absolute atomic E-state index is 0.000648. The van der Waals surface area contributed by atoms with Gasteiger partial charge in [0.1, 0.15) is 16.0 Å². The van der Waals surface area contributed by atoms with Gasteiger partial charge < -0.3 is 19.7 Å². The van der Waals surface area contributed by atoms with Gasteiger partial charge in [0.2, 0.25) is 0 Å². The van der Waals surface area contributed by atoms with Crippen LogP contribution in [0.4, 0.5) is 0 Å². The Balaban J connectivity index is 2.30. The highest BCUT2D eigenvalue weighted by atomic mass is 79.9. The summed E-state index contributed by atoms with van der Waals surface area (Å²) in [6.45, 7) is 5.56. The van der Waals surface area contributed by atoms with Gasteiger partial charge in [-0.05, 0) is 41.9 Å². The van der Waals surface area contributed by atoms with E-state index >= 15 is 0 Å². The van der Waals surface area contributed by atoms with Crippen molar-refractivity contribution in [3.8, 4) is 11.5 Å². The largest absolute Gasteiger partial charge is 0.495 e. The van der Waals surface area contributed by atoms with Crippen LogP contribution >= 0.6 is 15.9 Å². The highest BCUT2D eigenvalue weighted by molar-refractivity contribution is 9.10. The van der Waals surface area contributed by atoms with Gasteiger partial charge in [-0.2, -0.15) is 0 Å². The molecule has 1 aromatic carbocycles. The molecule has 0 aromatic heterocycles. The van der Waals surface area contributed by atoms with E-state index in [1.807, 2.05) is 4.90 Å². The van der Waals surface area contributed by atoms with Crippen LogP contribution in [-0.4, -0.2) is 50.2 Å². The molecule has 2 atom stereocenters. The van der Waals surface area contributed by atoms with Crippen molar-refractivity contribution >= 4 is 21.8 Å². The van der Waals surface area contributed by atoms with E-state index in [0.29, 0.717) is 34.6 Å². The molecule has 1 aliphatic heterocycles. The quantitative estimate of drug-likeness (QED) is 0.902. The van der Waals surface area contributed by atoms with Crippen molar-refractivity contribution in [2.75, 3.05) is 27.3 Å². The summed E-state index contributed by atoms with van der Waals surface area (Å²) in [5, 5.41) is 3.42. The topological polar surface area (TPSA) is 50.8 Å². The first-order valence-corrected chi connectivity index (χ1v) is 7.72. The van der Waals surface area contributed by atoms with E-state index in [2.05, 4.69) is 35.1 Å². The molecule has 0 aliphatic carbocycles. The van der Waals surface area contributed by atoms with Crippen LogP contribution in [0, 0.1) is 0 Å². The van der Waals surface area contributed by atoms with Gasteiger partial charge in [0, 0.05) is 30.7 Å². The number of piperazine rings is 1. The van der Waals surface area contributed by atoms with E-state index in [-0.39, 0.29) is 18.0 Å². The third-order valence-electron chi connectivity index (χ3n) is 3.54. The summed E-state index contributed by atoms with van der Waals surface area (Å²) in [6, 6.07) is 4.06. The summed E-state index contributed by atoms with van der Waals surface area (Å²) in [4.78, 5) is 14.6. The van der Waals surface area contributed by atoms with Crippen molar-refractivity contribution in [1.82, 2.24) is 10.2 Å². The Kier molecular flexibility index (Phi) is 5.11. The first kappa shape index (κ1) is 16.1. The molecule has 116 valence electrons. The number of rotatable bonds is 3. The SMILES string of the molecule is COc1cc(C(=O)N2C[C@@H](C)N[C@@H](C)C2)cc(OC)c1Br. The fourth-order valence-corrected chi connectivity index (χ4v) is 3.22. The number of nitrogens with one attached hydrogen (secondary N) is 1. The molecule has 0 radical (unpaired) electrons. The number of amides is 1. The lowest BCUT2D eigenvalue weighted by atomic mass is 10.1. The second-order valence-corrected chi connectivity index (χ2v) is 6.17. The third-order valence-corrected chi connectivity index (χ3v) is 4.32. The molecule has 1 N–H and O–H groups in total. The molecular weight excluding hydrogens is 336 g/mol. The predicted octanol–water partition coefficient (Wildman–Crippen LogP) is 2.29. The summed E-state index contributed by atoms with van der Waals surface area (Å²) in [5.74, 6) is 1.18. The molecule has 5 nitrogen and oxygen atoms in total. The fourth-order valence-electron chi connectivity index (χ4n) is 2.67. The zero-order chi connectivity index (χ0) is 15.6. The van der Waals surface area contributed by atoms with E-state index in [4.69, 9.17) is 9.47 Å². The van der Waals surface area contributed by atoms with Crippen LogP contribution in [0.25, 0.3) is 0 Å². The third kappa shape index (κ3) is 3.49. The van der Waals surface area contributed by atoms with Gasteiger partial charge in [0.25, 0.3) is 5.91 Å². The average molecular weight is 357 g/mol. The van der Waals surface area contributed by atoms with Gasteiger partial charge >= 0.3 is 0 Å². The number of halogens is 1. The Morgan fingerprint density at radius 1 is 1.19 bits per heavy atom. The van der Waals surface area contributed by atoms with Crippen LogP contribution in [0.5, 0.6) is 11.5 Å². The second kappa shape index (κ2) is 6.66. The van der Waals surface area contributed by atoms with E-state index in [1.165, 1.54) is 0 Å². The monoisotopic (exact) mass is 356 g/mol. The van der Waals surface area contributed by atoms with Gasteiger partial charge in [-0.1, -0.05) is 0 Å². The summed E-state index contributed by atoms with van der Waals surface area (Å²) in [7, 11) is 3.14. The van der Waals surface area contributed by atoms with Crippen molar-refractivity contribution < 1.29 is 14.3 Å². The maximum atomic E-state index is 12.7. The van der Waals surface area contributed by atoms with Crippen LogP contribution in [-0.2, 0) is 0 Å². The van der Waals surface area contributed by atoms with Crippen molar-refractivity contribution in [1.29, 1.82) is 0 Å². The molecule has 1 heterocycles. The van der Waals surface area contributed by atoms with E-state index in [1.54, 1.807) is 26.4 Å². The smallest absolute Gasteiger partial charge is 0.254 e. The summed E-state index contributed by atoms with van der Waals surface area (Å²) >= 11 is 3.42. The second-order valence-electron chi connectivity index (χ2n) is 5.37. The summed E-state index contributed by atoms with van der Waals surface area (Å²) < 4.78 is 11.3. The van der Waals surface area contributed by atoms with Gasteiger partial charge in [-0.3, -0.25) is 4.79 Å². The Morgan fingerprint density at radius 3 is 2.10 bits per heavy atom. The van der Waals surface area contributed by atoms with E-state index in [0.717, 1.165) is 0 Å². The number of hydrogen-bond donors (Lipinski definition) is 1. The molecular formula is C15H21BrN2O3. The van der Waals surface area contributed by atoms with Crippen LogP contribution in [0.1, 0.15) is 24.2 Å². The molecule has 0 saturated carbocycles. The zero-order valence-corrected chi connectivity index (χ0v) is 14.4. The Labute approximate surface area is 133 Å². The van der Waals surface area contributed by atoms with Crippen LogP contribution < -0.4 is 14.8 Å². The summed E-state index contributed by atoms with van der Waals surface area (Å²) in [5.41, 5.74) is 0.577. The zero-order valence-electron chi connectivity index (χ0n) is 12.8. The minimum atomic E-state index is -0.000648. The molecule has 0 spiro atoms. The van der Waals surface area contributed by atoms with E-state index < -0.39 is 0 Å². The normalized spacial score (nSPS) is 22.0. The summed E-state index contributed by atoms with van der Waals surface area (Å²) in [6.07, 6.45) is 0. The molecule has 1 saturated heterocycles. The van der Waals surface area contributed by atoms with Crippen LogP contribution in [0.15, 0.2) is 16.6 Å². The molecule has 0 unspecified atom stereocenters. The van der Waals surface area contributed by atoms with Crippen molar-refractivity contribution in [2.45, 2.75) is 25.9 Å². The highest BCUT2D eigenvalue weighted by Crippen LogP contribution is 2.36. The first-order valence-electron chi connectivity index (χ1n) is 6.93. The van der Waals surface area contributed by atoms with Gasteiger partial charge in [-0.15, -0.1) is 0 Å². The molecule has 1 amide bonds. The molecule has 6 heteroatoms. The number of ether oxygens (including phenoxy) is 2. The van der Waals surface area contributed by atoms with Crippen LogP contribution in [0.3, 0.4) is 0 Å². The lowest BCUT2D eigenvalue weighted by Crippen LogP contribution is -2.55. The minimum Gasteiger partial charge on any atom is -0.495 e. The average Bonchev–Trinajstić information content (AvgIpc) is 2.45. The van der Waals surface area contributed by atoms with Crippen molar-refractivity contribution in [2.24, 2.45) is 0 Å². The van der Waals surface area contributed by atoms with Crippen LogP contribution in [0.2, 0.25) is 0 Å². The fraction of sp³-hybridized carbons (Fsp3) is 0.533.